The van der Waals surface area contributed by atoms with Crippen LogP contribution in [-0.2, 0) is 4.79 Å². The van der Waals surface area contributed by atoms with E-state index < -0.39 is 0 Å². The number of rotatable bonds is 3. The van der Waals surface area contributed by atoms with Gasteiger partial charge in [0, 0.05) is 24.2 Å². The van der Waals surface area contributed by atoms with Gasteiger partial charge in [-0.1, -0.05) is 41.6 Å². The van der Waals surface area contributed by atoms with Crippen molar-refractivity contribution in [3.8, 4) is 11.4 Å². The van der Waals surface area contributed by atoms with Gasteiger partial charge < -0.3 is 9.42 Å². The van der Waals surface area contributed by atoms with Gasteiger partial charge in [0.05, 0.1) is 5.92 Å². The first-order valence-electron chi connectivity index (χ1n) is 8.07. The number of aromatic nitrogens is 2. The molecule has 5 nitrogen and oxygen atoms in total. The minimum atomic E-state index is -0.360. The van der Waals surface area contributed by atoms with Crippen molar-refractivity contribution in [2.45, 2.75) is 19.3 Å². The van der Waals surface area contributed by atoms with Gasteiger partial charge in [-0.15, -0.1) is 0 Å². The summed E-state index contributed by atoms with van der Waals surface area (Å²) in [5.74, 6) is 0.312. The molecule has 126 valence electrons. The standard InChI is InChI=1S/C19H16FN3O2/c1-12-7-8-15(20)10-16(12)23-11-14(9-17(23)24)19-21-18(22-25-19)13-5-3-2-4-6-13/h2-8,10,14H,9,11H2,1H3. The number of hydrogen-bond donors (Lipinski definition) is 0. The number of halogens is 1. The lowest BCUT2D eigenvalue weighted by atomic mass is 10.1. The molecule has 1 amide bonds. The van der Waals surface area contributed by atoms with E-state index >= 15 is 0 Å². The molecule has 0 saturated carbocycles. The molecule has 6 heteroatoms. The number of benzene rings is 2. The lowest BCUT2D eigenvalue weighted by Crippen LogP contribution is -2.25. The van der Waals surface area contributed by atoms with Gasteiger partial charge in [-0.25, -0.2) is 4.39 Å². The molecule has 1 saturated heterocycles. The number of nitrogens with zero attached hydrogens (tertiary/aromatic N) is 3. The van der Waals surface area contributed by atoms with Crippen LogP contribution in [0.25, 0.3) is 11.4 Å². The van der Waals surface area contributed by atoms with E-state index in [2.05, 4.69) is 10.1 Å². The van der Waals surface area contributed by atoms with Crippen molar-refractivity contribution in [3.05, 3.63) is 65.8 Å². The maximum Gasteiger partial charge on any atom is 0.232 e. The molecule has 0 spiro atoms. The SMILES string of the molecule is Cc1ccc(F)cc1N1CC(c2nc(-c3ccccc3)no2)CC1=O. The number of carbonyl (C=O) groups is 1. The van der Waals surface area contributed by atoms with Crippen LogP contribution in [0.1, 0.15) is 23.8 Å². The quantitative estimate of drug-likeness (QED) is 0.731. The Kier molecular flexibility index (Phi) is 3.80. The summed E-state index contributed by atoms with van der Waals surface area (Å²) in [6, 6.07) is 14.0. The van der Waals surface area contributed by atoms with Gasteiger partial charge in [0.15, 0.2) is 0 Å². The average Bonchev–Trinajstić information content (AvgIpc) is 3.25. The molecule has 0 aliphatic carbocycles. The zero-order valence-corrected chi connectivity index (χ0v) is 13.6. The molecule has 2 aromatic carbocycles. The highest BCUT2D eigenvalue weighted by Crippen LogP contribution is 2.33. The number of aryl methyl sites for hydroxylation is 1. The summed E-state index contributed by atoms with van der Waals surface area (Å²) in [7, 11) is 0. The maximum absolute atomic E-state index is 13.6. The van der Waals surface area contributed by atoms with Crippen LogP contribution in [0.4, 0.5) is 10.1 Å². The molecule has 1 aromatic heterocycles. The molecule has 1 unspecified atom stereocenters. The van der Waals surface area contributed by atoms with Gasteiger partial charge in [0.25, 0.3) is 0 Å². The van der Waals surface area contributed by atoms with Gasteiger partial charge in [0.2, 0.25) is 17.6 Å². The average molecular weight is 337 g/mol. The van der Waals surface area contributed by atoms with Crippen LogP contribution in [0.5, 0.6) is 0 Å². The summed E-state index contributed by atoms with van der Waals surface area (Å²) in [6.45, 7) is 2.26. The Morgan fingerprint density at radius 3 is 2.80 bits per heavy atom. The van der Waals surface area contributed by atoms with E-state index in [1.54, 1.807) is 11.0 Å². The van der Waals surface area contributed by atoms with Crippen molar-refractivity contribution in [1.29, 1.82) is 0 Å². The van der Waals surface area contributed by atoms with E-state index in [9.17, 15) is 9.18 Å². The van der Waals surface area contributed by atoms with Gasteiger partial charge in [-0.3, -0.25) is 4.79 Å². The van der Waals surface area contributed by atoms with Crippen LogP contribution in [0.3, 0.4) is 0 Å². The fraction of sp³-hybridized carbons (Fsp3) is 0.211. The highest BCUT2D eigenvalue weighted by Gasteiger charge is 2.35. The van der Waals surface area contributed by atoms with E-state index in [-0.39, 0.29) is 24.1 Å². The number of carbonyl (C=O) groups excluding carboxylic acids is 1. The van der Waals surface area contributed by atoms with Crippen molar-refractivity contribution in [3.63, 3.8) is 0 Å². The summed E-state index contributed by atoms with van der Waals surface area (Å²) in [4.78, 5) is 18.4. The summed E-state index contributed by atoms with van der Waals surface area (Å²) >= 11 is 0. The second-order valence-electron chi connectivity index (χ2n) is 6.16. The highest BCUT2D eigenvalue weighted by molar-refractivity contribution is 5.97. The Hall–Kier alpha value is -3.02. The third kappa shape index (κ3) is 2.91. The molecule has 0 bridgehead atoms. The molecule has 2 heterocycles. The molecule has 1 fully saturated rings. The lowest BCUT2D eigenvalue weighted by molar-refractivity contribution is -0.117. The normalized spacial score (nSPS) is 17.3. The molecular formula is C19H16FN3O2. The molecule has 0 radical (unpaired) electrons. The molecule has 3 aromatic rings. The monoisotopic (exact) mass is 337 g/mol. The summed E-state index contributed by atoms with van der Waals surface area (Å²) in [5.41, 5.74) is 2.31. The summed E-state index contributed by atoms with van der Waals surface area (Å²) in [5, 5.41) is 4.01. The minimum absolute atomic E-state index is 0.0711. The van der Waals surface area contributed by atoms with Crippen molar-refractivity contribution in [1.82, 2.24) is 10.1 Å². The predicted molar refractivity (Wildman–Crippen MR) is 90.6 cm³/mol. The molecule has 1 aliphatic rings. The Morgan fingerprint density at radius 2 is 2.00 bits per heavy atom. The van der Waals surface area contributed by atoms with E-state index in [0.717, 1.165) is 11.1 Å². The first-order valence-corrected chi connectivity index (χ1v) is 8.07. The Bertz CT molecular complexity index is 923. The number of anilines is 1. The fourth-order valence-electron chi connectivity index (χ4n) is 3.08. The van der Waals surface area contributed by atoms with Crippen molar-refractivity contribution in [2.24, 2.45) is 0 Å². The summed E-state index contributed by atoms with van der Waals surface area (Å²) in [6.07, 6.45) is 0.270. The van der Waals surface area contributed by atoms with Crippen molar-refractivity contribution in [2.75, 3.05) is 11.4 Å². The van der Waals surface area contributed by atoms with Crippen molar-refractivity contribution < 1.29 is 13.7 Å². The number of hydrogen-bond acceptors (Lipinski definition) is 4. The van der Waals surface area contributed by atoms with Gasteiger partial charge in [-0.05, 0) is 24.6 Å². The Morgan fingerprint density at radius 1 is 1.20 bits per heavy atom. The fourth-order valence-corrected chi connectivity index (χ4v) is 3.08. The summed E-state index contributed by atoms with van der Waals surface area (Å²) < 4.78 is 18.9. The molecule has 1 atom stereocenters. The Labute approximate surface area is 144 Å². The van der Waals surface area contributed by atoms with Crippen LogP contribution in [-0.4, -0.2) is 22.6 Å². The predicted octanol–water partition coefficient (Wildman–Crippen LogP) is 3.70. The largest absolute Gasteiger partial charge is 0.339 e. The van der Waals surface area contributed by atoms with Crippen LogP contribution in [0, 0.1) is 12.7 Å². The highest BCUT2D eigenvalue weighted by atomic mass is 19.1. The van der Waals surface area contributed by atoms with E-state index in [4.69, 9.17) is 4.52 Å². The molecule has 25 heavy (non-hydrogen) atoms. The van der Waals surface area contributed by atoms with E-state index in [0.29, 0.717) is 23.9 Å². The second-order valence-corrected chi connectivity index (χ2v) is 6.16. The van der Waals surface area contributed by atoms with E-state index in [1.807, 2.05) is 37.3 Å². The van der Waals surface area contributed by atoms with Gasteiger partial charge >= 0.3 is 0 Å². The molecule has 0 N–H and O–H groups in total. The first kappa shape index (κ1) is 15.5. The van der Waals surface area contributed by atoms with Crippen LogP contribution < -0.4 is 4.90 Å². The zero-order chi connectivity index (χ0) is 17.4. The second kappa shape index (κ2) is 6.12. The van der Waals surface area contributed by atoms with Crippen molar-refractivity contribution >= 4 is 11.6 Å². The topological polar surface area (TPSA) is 59.2 Å². The molecule has 1 aliphatic heterocycles. The third-order valence-corrected chi connectivity index (χ3v) is 4.41. The van der Waals surface area contributed by atoms with E-state index in [1.165, 1.54) is 12.1 Å². The minimum Gasteiger partial charge on any atom is -0.339 e. The molecular weight excluding hydrogens is 321 g/mol. The maximum atomic E-state index is 13.6. The molecule has 4 rings (SSSR count). The van der Waals surface area contributed by atoms with Crippen LogP contribution >= 0.6 is 0 Å². The van der Waals surface area contributed by atoms with Crippen LogP contribution in [0.2, 0.25) is 0 Å². The zero-order valence-electron chi connectivity index (χ0n) is 13.6. The number of amides is 1. The van der Waals surface area contributed by atoms with Crippen LogP contribution in [0.15, 0.2) is 53.1 Å². The van der Waals surface area contributed by atoms with Gasteiger partial charge in [0.1, 0.15) is 5.82 Å². The third-order valence-electron chi connectivity index (χ3n) is 4.41. The first-order chi connectivity index (χ1) is 12.1. The Balaban J connectivity index is 1.59. The van der Waals surface area contributed by atoms with Gasteiger partial charge in [-0.2, -0.15) is 4.98 Å². The lowest BCUT2D eigenvalue weighted by Gasteiger charge is -2.18. The smallest absolute Gasteiger partial charge is 0.232 e.